The molecule has 0 N–H and O–H groups in total. The minimum Gasteiger partial charge on any atom is -0.465 e. The van der Waals surface area contributed by atoms with Crippen molar-refractivity contribution in [2.45, 2.75) is 51.5 Å². The fraction of sp³-hybridized carbons (Fsp3) is 0.917. The number of hydrogen-bond donors (Lipinski definition) is 0. The van der Waals surface area contributed by atoms with Crippen molar-refractivity contribution in [1.82, 2.24) is 0 Å². The molecule has 0 aromatic carbocycles. The number of carbonyl (C=O) groups excluding carboxylic acids is 1. The van der Waals surface area contributed by atoms with Crippen LogP contribution in [0, 0.1) is 5.92 Å². The Hall–Kier alpha value is -0.390. The number of rotatable bonds is 8. The first-order valence-electron chi connectivity index (χ1n) is 6.11. The molecular weight excluding hydrogens is 265 g/mol. The number of esters is 1. The van der Waals surface area contributed by atoms with Crippen LogP contribution in [0.2, 0.25) is 0 Å². The highest BCUT2D eigenvalue weighted by Gasteiger charge is 2.28. The molecule has 0 saturated heterocycles. The van der Waals surface area contributed by atoms with Gasteiger partial charge in [0, 0.05) is 5.75 Å². The van der Waals surface area contributed by atoms with Crippen LogP contribution in [0.1, 0.15) is 40.0 Å². The van der Waals surface area contributed by atoms with Crippen molar-refractivity contribution in [3.8, 4) is 0 Å². The summed E-state index contributed by atoms with van der Waals surface area (Å²) in [5.74, 6) is -0.251. The van der Waals surface area contributed by atoms with Crippen LogP contribution in [0.3, 0.4) is 0 Å². The van der Waals surface area contributed by atoms with Crippen molar-refractivity contribution in [2.75, 3.05) is 12.4 Å². The molecule has 1 unspecified atom stereocenters. The van der Waals surface area contributed by atoms with Crippen molar-refractivity contribution in [1.29, 1.82) is 0 Å². The third-order valence-corrected chi connectivity index (χ3v) is 3.35. The molecule has 108 valence electrons. The lowest BCUT2D eigenvalue weighted by molar-refractivity contribution is -0.144. The first-order chi connectivity index (χ1) is 8.26. The topological polar surface area (TPSA) is 26.3 Å². The Labute approximate surface area is 111 Å². The van der Waals surface area contributed by atoms with Gasteiger partial charge in [0.1, 0.15) is 5.25 Å². The van der Waals surface area contributed by atoms with Gasteiger partial charge < -0.3 is 4.74 Å². The van der Waals surface area contributed by atoms with Gasteiger partial charge in [0.15, 0.2) is 0 Å². The summed E-state index contributed by atoms with van der Waals surface area (Å²) in [5.41, 5.74) is 0. The summed E-state index contributed by atoms with van der Waals surface area (Å²) >= 11 is 1.04. The molecule has 2 nitrogen and oxygen atoms in total. The second kappa shape index (κ2) is 8.67. The summed E-state index contributed by atoms with van der Waals surface area (Å²) in [7, 11) is 0. The van der Waals surface area contributed by atoms with Crippen LogP contribution in [-0.2, 0) is 9.53 Å². The molecule has 1 atom stereocenters. The van der Waals surface area contributed by atoms with Crippen LogP contribution in [0.15, 0.2) is 0 Å². The van der Waals surface area contributed by atoms with Crippen LogP contribution < -0.4 is 0 Å². The molecule has 0 aliphatic carbocycles. The average Bonchev–Trinajstić information content (AvgIpc) is 2.23. The van der Waals surface area contributed by atoms with Gasteiger partial charge in [0.25, 0.3) is 0 Å². The van der Waals surface area contributed by atoms with Gasteiger partial charge in [0.05, 0.1) is 13.0 Å². The Morgan fingerprint density at radius 2 is 1.94 bits per heavy atom. The Bertz CT molecular complexity index is 242. The van der Waals surface area contributed by atoms with E-state index in [-0.39, 0.29) is 11.7 Å². The summed E-state index contributed by atoms with van der Waals surface area (Å²) in [6.45, 7) is 6.05. The van der Waals surface area contributed by atoms with E-state index in [1.807, 2.05) is 20.8 Å². The van der Waals surface area contributed by atoms with Gasteiger partial charge in [0.2, 0.25) is 0 Å². The SMILES string of the molecule is CCCC(SCCC(F)(F)F)C(=O)OCC(C)C. The minimum atomic E-state index is -4.16. The van der Waals surface area contributed by atoms with E-state index in [1.165, 1.54) is 0 Å². The Morgan fingerprint density at radius 3 is 2.39 bits per heavy atom. The van der Waals surface area contributed by atoms with Crippen molar-refractivity contribution in [3.05, 3.63) is 0 Å². The van der Waals surface area contributed by atoms with E-state index in [1.54, 1.807) is 0 Å². The Balaban J connectivity index is 4.08. The van der Waals surface area contributed by atoms with E-state index in [9.17, 15) is 18.0 Å². The summed E-state index contributed by atoms with van der Waals surface area (Å²) in [4.78, 5) is 11.7. The standard InChI is InChI=1S/C12H21F3O2S/c1-4-5-10(11(16)17-8-9(2)3)18-7-6-12(13,14)15/h9-10H,4-8H2,1-3H3. The van der Waals surface area contributed by atoms with Gasteiger partial charge in [-0.3, -0.25) is 4.79 Å². The lowest BCUT2D eigenvalue weighted by atomic mass is 10.2. The normalized spacial score (nSPS) is 13.7. The zero-order valence-corrected chi connectivity index (χ0v) is 11.9. The minimum absolute atomic E-state index is 0.0923. The molecule has 0 saturated carbocycles. The van der Waals surface area contributed by atoms with E-state index < -0.39 is 23.8 Å². The Morgan fingerprint density at radius 1 is 1.33 bits per heavy atom. The zero-order valence-electron chi connectivity index (χ0n) is 11.0. The number of carbonyl (C=O) groups is 1. The molecule has 0 bridgehead atoms. The third kappa shape index (κ3) is 9.62. The molecule has 0 aromatic heterocycles. The highest BCUT2D eigenvalue weighted by molar-refractivity contribution is 8.00. The Kier molecular flexibility index (Phi) is 8.48. The third-order valence-electron chi connectivity index (χ3n) is 2.08. The van der Waals surface area contributed by atoms with E-state index >= 15 is 0 Å². The highest BCUT2D eigenvalue weighted by atomic mass is 32.2. The molecule has 0 heterocycles. The molecule has 0 aromatic rings. The molecule has 0 fully saturated rings. The molecule has 0 amide bonds. The predicted octanol–water partition coefficient (Wildman–Crippen LogP) is 4.04. The molecular formula is C12H21F3O2S. The molecule has 0 aliphatic heterocycles. The smallest absolute Gasteiger partial charge is 0.389 e. The number of alkyl halides is 3. The van der Waals surface area contributed by atoms with Gasteiger partial charge >= 0.3 is 12.1 Å². The monoisotopic (exact) mass is 286 g/mol. The van der Waals surface area contributed by atoms with Crippen molar-refractivity contribution < 1.29 is 22.7 Å². The summed E-state index contributed by atoms with van der Waals surface area (Å²) < 4.78 is 41.1. The second-order valence-electron chi connectivity index (χ2n) is 4.54. The van der Waals surface area contributed by atoms with E-state index in [0.29, 0.717) is 13.0 Å². The van der Waals surface area contributed by atoms with Gasteiger partial charge in [-0.15, -0.1) is 11.8 Å². The molecule has 0 rings (SSSR count). The van der Waals surface area contributed by atoms with Gasteiger partial charge in [-0.05, 0) is 12.3 Å². The number of halogens is 3. The number of hydrogen-bond acceptors (Lipinski definition) is 3. The fourth-order valence-corrected chi connectivity index (χ4v) is 2.43. The van der Waals surface area contributed by atoms with Crippen molar-refractivity contribution in [3.63, 3.8) is 0 Å². The van der Waals surface area contributed by atoms with Crippen LogP contribution in [0.25, 0.3) is 0 Å². The zero-order chi connectivity index (χ0) is 14.2. The molecule has 0 radical (unpaired) electrons. The quantitative estimate of drug-likeness (QED) is 0.630. The average molecular weight is 286 g/mol. The summed E-state index contributed by atoms with van der Waals surface area (Å²) in [6, 6.07) is 0. The van der Waals surface area contributed by atoms with E-state index in [0.717, 1.165) is 18.2 Å². The largest absolute Gasteiger partial charge is 0.465 e. The van der Waals surface area contributed by atoms with Gasteiger partial charge in [-0.1, -0.05) is 27.2 Å². The lowest BCUT2D eigenvalue weighted by Gasteiger charge is -2.16. The predicted molar refractivity (Wildman–Crippen MR) is 67.6 cm³/mol. The number of thioether (sulfide) groups is 1. The first kappa shape index (κ1) is 17.6. The highest BCUT2D eigenvalue weighted by Crippen LogP contribution is 2.26. The summed E-state index contributed by atoms with van der Waals surface area (Å²) in [5, 5.41) is -0.476. The maximum atomic E-state index is 12.0. The van der Waals surface area contributed by atoms with Crippen molar-refractivity contribution in [2.24, 2.45) is 5.92 Å². The van der Waals surface area contributed by atoms with Crippen LogP contribution in [-0.4, -0.2) is 29.8 Å². The number of ether oxygens (including phenoxy) is 1. The van der Waals surface area contributed by atoms with Gasteiger partial charge in [-0.25, -0.2) is 0 Å². The van der Waals surface area contributed by atoms with Crippen LogP contribution in [0.5, 0.6) is 0 Å². The first-order valence-corrected chi connectivity index (χ1v) is 7.16. The van der Waals surface area contributed by atoms with Crippen molar-refractivity contribution >= 4 is 17.7 Å². The molecule has 0 aliphatic rings. The van der Waals surface area contributed by atoms with E-state index in [4.69, 9.17) is 4.74 Å². The van der Waals surface area contributed by atoms with Crippen LogP contribution >= 0.6 is 11.8 Å². The fourth-order valence-electron chi connectivity index (χ4n) is 1.19. The lowest BCUT2D eigenvalue weighted by Crippen LogP contribution is -2.23. The maximum absolute atomic E-state index is 12.0. The van der Waals surface area contributed by atoms with Gasteiger partial charge in [-0.2, -0.15) is 13.2 Å². The second-order valence-corrected chi connectivity index (χ2v) is 5.85. The maximum Gasteiger partial charge on any atom is 0.389 e. The molecule has 18 heavy (non-hydrogen) atoms. The summed E-state index contributed by atoms with van der Waals surface area (Å²) in [6.07, 6.45) is -3.72. The van der Waals surface area contributed by atoms with E-state index in [2.05, 4.69) is 0 Å². The van der Waals surface area contributed by atoms with Crippen LogP contribution in [0.4, 0.5) is 13.2 Å². The molecule has 0 spiro atoms. The molecule has 6 heteroatoms.